The highest BCUT2D eigenvalue weighted by atomic mass is 15.0. The summed E-state index contributed by atoms with van der Waals surface area (Å²) in [5, 5.41) is 51.0. The first-order valence-electron chi connectivity index (χ1n) is 43.6. The quantitative estimate of drug-likeness (QED) is 0.160. The van der Waals surface area contributed by atoms with Crippen LogP contribution in [0.2, 0.25) is 0 Å². The third kappa shape index (κ3) is 11.7. The molecular formula is C119H83N9. The predicted octanol–water partition coefficient (Wildman–Crippen LogP) is 30.2. The summed E-state index contributed by atoms with van der Waals surface area (Å²) >= 11 is 0. The van der Waals surface area contributed by atoms with Crippen molar-refractivity contribution in [1.82, 2.24) is 27.4 Å². The Morgan fingerprint density at radius 3 is 0.992 bits per heavy atom. The van der Waals surface area contributed by atoms with E-state index in [1.165, 1.54) is 175 Å². The fourth-order valence-corrected chi connectivity index (χ4v) is 21.5. The molecule has 0 saturated carbocycles. The second kappa shape index (κ2) is 29.8. The Balaban J connectivity index is 0.0000000979. The largest absolute Gasteiger partial charge is 0.343 e. The van der Waals surface area contributed by atoms with Gasteiger partial charge in [-0.3, -0.25) is 0 Å². The van der Waals surface area contributed by atoms with Crippen LogP contribution in [-0.4, -0.2) is 27.4 Å². The summed E-state index contributed by atoms with van der Waals surface area (Å²) in [5.41, 5.74) is 32.5. The molecule has 604 valence electrons. The third-order valence-corrected chi connectivity index (χ3v) is 27.5. The maximum absolute atomic E-state index is 9.62. The molecular weight excluding hydrogens is 1560 g/mol. The van der Waals surface area contributed by atoms with Crippen LogP contribution in [0.5, 0.6) is 0 Å². The number of benzene rings is 19. The molecule has 1 aliphatic rings. The Bertz CT molecular complexity index is 9070. The zero-order valence-corrected chi connectivity index (χ0v) is 71.8. The molecule has 25 aromatic rings. The van der Waals surface area contributed by atoms with Gasteiger partial charge in [-0.15, -0.1) is 0 Å². The number of rotatable bonds is 5. The molecule has 0 aliphatic heterocycles. The van der Waals surface area contributed by atoms with Gasteiger partial charge in [-0.1, -0.05) is 263 Å². The van der Waals surface area contributed by atoms with Crippen molar-refractivity contribution < 1.29 is 0 Å². The molecule has 0 N–H and O–H groups in total. The zero-order valence-electron chi connectivity index (χ0n) is 71.8. The molecule has 1 aliphatic carbocycles. The zero-order chi connectivity index (χ0) is 86.5. The van der Waals surface area contributed by atoms with Gasteiger partial charge in [-0.05, 0) is 228 Å². The first-order chi connectivity index (χ1) is 62.7. The smallest absolute Gasteiger partial charge is 0.101 e. The topological polar surface area (TPSA) is 101 Å². The second-order valence-corrected chi connectivity index (χ2v) is 34.6. The summed E-state index contributed by atoms with van der Waals surface area (Å²) in [6.45, 7) is 6.89. The SMILES string of the molecule is Cc1cccc2c3cc(-c4ccc5c(c4)C(C)(C)c4ccccc4-5)ccc3n(C)c12.Cn1c2ccc(-c3ccc4c(c3)c3ccccc3n4-c3ccccc3)cc2c2cccc(C#N)c21.Cn1c2ccc(-c3ccc4c5ccccc5c5ccccc5c4c3)cc2c2cccc(C#N)c21.Cn1c2ccc(-n3c4ccccc4c4ccccc43)cc2c2cccc(C#N)c21. The summed E-state index contributed by atoms with van der Waals surface area (Å²) in [6, 6.07) is 141. The number of aryl methyl sites for hydroxylation is 5. The van der Waals surface area contributed by atoms with Gasteiger partial charge >= 0.3 is 0 Å². The van der Waals surface area contributed by atoms with Gasteiger partial charge in [0, 0.05) is 132 Å². The molecule has 6 aromatic heterocycles. The van der Waals surface area contributed by atoms with Crippen LogP contribution in [-0.2, 0) is 33.6 Å². The van der Waals surface area contributed by atoms with Gasteiger partial charge in [0.1, 0.15) is 18.2 Å². The molecule has 128 heavy (non-hydrogen) atoms. The molecule has 0 amide bonds. The van der Waals surface area contributed by atoms with Crippen LogP contribution in [0.1, 0.15) is 47.2 Å². The second-order valence-electron chi connectivity index (χ2n) is 34.6. The van der Waals surface area contributed by atoms with Crippen molar-refractivity contribution >= 4 is 163 Å². The molecule has 0 spiro atoms. The summed E-state index contributed by atoms with van der Waals surface area (Å²) in [4.78, 5) is 0. The van der Waals surface area contributed by atoms with E-state index in [1.54, 1.807) is 0 Å². The molecule has 9 heteroatoms. The van der Waals surface area contributed by atoms with Crippen LogP contribution >= 0.6 is 0 Å². The van der Waals surface area contributed by atoms with Crippen molar-refractivity contribution in [3.63, 3.8) is 0 Å². The Kier molecular flexibility index (Phi) is 17.7. The summed E-state index contributed by atoms with van der Waals surface area (Å²) in [7, 11) is 8.28. The summed E-state index contributed by atoms with van der Waals surface area (Å²) in [5.74, 6) is 0. The lowest BCUT2D eigenvalue weighted by Crippen LogP contribution is -2.14. The number of nitriles is 3. The first kappa shape index (κ1) is 76.1. The van der Waals surface area contributed by atoms with Gasteiger partial charge < -0.3 is 27.4 Å². The highest BCUT2D eigenvalue weighted by Gasteiger charge is 2.35. The average Bonchev–Trinajstić information content (AvgIpc) is 1.35. The minimum absolute atomic E-state index is 0.0304. The predicted molar refractivity (Wildman–Crippen MR) is 536 cm³/mol. The first-order valence-corrected chi connectivity index (χ1v) is 43.6. The molecule has 6 heterocycles. The van der Waals surface area contributed by atoms with Gasteiger partial charge in [0.15, 0.2) is 0 Å². The third-order valence-electron chi connectivity index (χ3n) is 27.5. The maximum atomic E-state index is 9.62. The number of hydrogen-bond acceptors (Lipinski definition) is 3. The van der Waals surface area contributed by atoms with Crippen molar-refractivity contribution in [3.05, 3.63) is 409 Å². The van der Waals surface area contributed by atoms with Crippen LogP contribution in [0.4, 0.5) is 0 Å². The summed E-state index contributed by atoms with van der Waals surface area (Å²) < 4.78 is 13.4. The highest BCUT2D eigenvalue weighted by molar-refractivity contribution is 6.26. The van der Waals surface area contributed by atoms with Crippen LogP contribution in [0.15, 0.2) is 376 Å². The molecule has 0 unspecified atom stereocenters. The van der Waals surface area contributed by atoms with Gasteiger partial charge in [0.2, 0.25) is 0 Å². The van der Waals surface area contributed by atoms with E-state index in [4.69, 9.17) is 0 Å². The van der Waals surface area contributed by atoms with E-state index in [-0.39, 0.29) is 5.41 Å². The molecule has 26 rings (SSSR count). The van der Waals surface area contributed by atoms with Crippen molar-refractivity contribution in [1.29, 1.82) is 15.8 Å². The van der Waals surface area contributed by atoms with Crippen molar-refractivity contribution in [2.75, 3.05) is 0 Å². The molecule has 0 atom stereocenters. The van der Waals surface area contributed by atoms with Crippen LogP contribution in [0.3, 0.4) is 0 Å². The number of aromatic nitrogens is 6. The lowest BCUT2D eigenvalue weighted by molar-refractivity contribution is 0.660. The fourth-order valence-electron chi connectivity index (χ4n) is 21.5. The van der Waals surface area contributed by atoms with E-state index in [0.29, 0.717) is 16.7 Å². The van der Waals surface area contributed by atoms with E-state index >= 15 is 0 Å². The Labute approximate surface area is 739 Å². The Morgan fingerprint density at radius 1 is 0.211 bits per heavy atom. The molecule has 0 radical (unpaired) electrons. The molecule has 9 nitrogen and oxygen atoms in total. The van der Waals surface area contributed by atoms with Crippen LogP contribution in [0, 0.1) is 40.9 Å². The van der Waals surface area contributed by atoms with Crippen LogP contribution in [0.25, 0.3) is 219 Å². The van der Waals surface area contributed by atoms with E-state index in [0.717, 1.165) is 60.6 Å². The summed E-state index contributed by atoms with van der Waals surface area (Å²) in [6.07, 6.45) is 0. The van der Waals surface area contributed by atoms with Gasteiger partial charge in [-0.2, -0.15) is 15.8 Å². The van der Waals surface area contributed by atoms with Crippen molar-refractivity contribution in [2.24, 2.45) is 28.2 Å². The highest BCUT2D eigenvalue weighted by Crippen LogP contribution is 2.51. The molecule has 0 fully saturated rings. The normalized spacial score (nSPS) is 12.2. The number of para-hydroxylation sites is 8. The minimum Gasteiger partial charge on any atom is -0.343 e. The van der Waals surface area contributed by atoms with Crippen molar-refractivity contribution in [2.45, 2.75) is 26.2 Å². The molecule has 0 bridgehead atoms. The molecule has 19 aromatic carbocycles. The van der Waals surface area contributed by atoms with E-state index in [1.807, 2.05) is 57.5 Å². The van der Waals surface area contributed by atoms with Crippen molar-refractivity contribution in [3.8, 4) is 74.1 Å². The fraction of sp³-hybridized carbons (Fsp3) is 0.0672. The number of hydrogen-bond donors (Lipinski definition) is 0. The lowest BCUT2D eigenvalue weighted by Gasteiger charge is -2.22. The van der Waals surface area contributed by atoms with Gasteiger partial charge in [-0.25, -0.2) is 0 Å². The maximum Gasteiger partial charge on any atom is 0.101 e. The number of nitrogens with zero attached hydrogens (tertiary/aromatic N) is 9. The molecule has 0 saturated heterocycles. The lowest BCUT2D eigenvalue weighted by atomic mass is 9.81. The van der Waals surface area contributed by atoms with Crippen LogP contribution < -0.4 is 0 Å². The average molecular weight is 1640 g/mol. The Morgan fingerprint density at radius 2 is 0.516 bits per heavy atom. The minimum atomic E-state index is 0.0304. The van der Waals surface area contributed by atoms with E-state index in [9.17, 15) is 15.8 Å². The van der Waals surface area contributed by atoms with Gasteiger partial charge in [0.25, 0.3) is 0 Å². The van der Waals surface area contributed by atoms with Gasteiger partial charge in [0.05, 0.1) is 60.8 Å². The van der Waals surface area contributed by atoms with E-state index in [2.05, 4.69) is 413 Å². The standard InChI is InChI=1S/C32H21N3.C32H20N2.C29H25N.C26H17N3/c1-34-29-16-14-21(19-28(29)26-12-7-8-23(20-33)32(26)34)22-15-17-31-27(18-22)25-11-5-6-13-30(25)35(31)24-9-3-2-4-10-24;1-34-31-16-14-21(18-30(31)28-12-6-7-22(19-33)32(28)34)20-13-15-27-25-10-3-2-8-23(25)24-9-4-5-11-26(24)29(27)17-20;1-18-8-7-10-23-24-16-19(13-15-27(24)30(4)28(18)23)20-12-14-22-21-9-5-6-11-25(21)29(2,3)26(22)17-20;1-28-23-14-13-18(15-22(23)21-10-6-7-17(16-27)26(21)28)29-24-11-4-2-8-19(24)20-9-3-5-12-25(20)29/h2-19H,1H3;2-18H,1H3;5-17H,1-4H3;2-15H,1H3. The van der Waals surface area contributed by atoms with E-state index < -0.39 is 0 Å². The number of fused-ring (bicyclic) bond motifs is 27. The monoisotopic (exact) mass is 1640 g/mol. The Hall–Kier alpha value is -16.8.